The van der Waals surface area contributed by atoms with Crippen LogP contribution < -0.4 is 5.32 Å². The molecule has 5 heteroatoms. The molecule has 3 aromatic rings. The monoisotopic (exact) mass is 631 g/mol. The van der Waals surface area contributed by atoms with E-state index in [0.29, 0.717) is 0 Å². The first kappa shape index (κ1) is 25.9. The summed E-state index contributed by atoms with van der Waals surface area (Å²) in [6.07, 6.45) is 7.76. The predicted molar refractivity (Wildman–Crippen MR) is 138 cm³/mol. The zero-order valence-corrected chi connectivity index (χ0v) is 22.9. The van der Waals surface area contributed by atoms with Gasteiger partial charge >= 0.3 is 21.1 Å². The van der Waals surface area contributed by atoms with E-state index in [1.165, 1.54) is 11.1 Å². The molecule has 0 aliphatic carbocycles. The van der Waals surface area contributed by atoms with Gasteiger partial charge in [0.1, 0.15) is 5.82 Å². The molecule has 1 aromatic carbocycles. The van der Waals surface area contributed by atoms with E-state index in [9.17, 15) is 0 Å². The molecule has 3 heterocycles. The summed E-state index contributed by atoms with van der Waals surface area (Å²) in [6, 6.07) is 19.8. The normalized spacial score (nSPS) is 15.7. The average Bonchev–Trinajstić information content (AvgIpc) is 2.78. The Bertz CT molecular complexity index is 1200. The van der Waals surface area contributed by atoms with Gasteiger partial charge < -0.3 is 10.6 Å². The molecule has 178 valence electrons. The largest absolute Gasteiger partial charge is 2.00 e. The third-order valence-electron chi connectivity index (χ3n) is 5.70. The second-order valence-corrected chi connectivity index (χ2v) is 10.5. The minimum absolute atomic E-state index is 0. The number of hydrogen-bond donors (Lipinski definition) is 1. The summed E-state index contributed by atoms with van der Waals surface area (Å²) in [4.78, 5) is 9.36. The Morgan fingerprint density at radius 3 is 2.38 bits per heavy atom. The maximum Gasteiger partial charge on any atom is 2.00 e. The van der Waals surface area contributed by atoms with Crippen LogP contribution in [0.5, 0.6) is 0 Å². The number of nitrogens with zero attached hydrogens (tertiary/aromatic N) is 3. The Hall–Kier alpha value is -2.71. The quantitative estimate of drug-likeness (QED) is 0.309. The minimum Gasteiger partial charge on any atom is -0.706 e. The first-order valence-corrected chi connectivity index (χ1v) is 11.4. The molecule has 0 amide bonds. The molecule has 0 bridgehead atoms. The van der Waals surface area contributed by atoms with E-state index in [4.69, 9.17) is 10.3 Å². The van der Waals surface area contributed by atoms with Gasteiger partial charge in [0.05, 0.1) is 11.4 Å². The Labute approximate surface area is 218 Å². The Kier molecular flexibility index (Phi) is 7.83. The maximum atomic E-state index is 4.90. The number of benzene rings is 1. The molecule has 1 aliphatic heterocycles. The second-order valence-electron chi connectivity index (χ2n) is 10.5. The molecular formula is C29H32N4Pt. The molecule has 0 saturated carbocycles. The molecule has 34 heavy (non-hydrogen) atoms. The van der Waals surface area contributed by atoms with E-state index >= 15 is 0 Å². The third kappa shape index (κ3) is 6.24. The van der Waals surface area contributed by atoms with Gasteiger partial charge in [-0.3, -0.25) is 4.98 Å². The van der Waals surface area contributed by atoms with Crippen molar-refractivity contribution in [3.05, 3.63) is 101 Å². The van der Waals surface area contributed by atoms with Gasteiger partial charge in [-0.2, -0.15) is 5.56 Å². The molecule has 2 aromatic heterocycles. The van der Waals surface area contributed by atoms with Crippen molar-refractivity contribution in [2.75, 3.05) is 5.32 Å². The van der Waals surface area contributed by atoms with Crippen molar-refractivity contribution >= 4 is 11.5 Å². The van der Waals surface area contributed by atoms with Crippen molar-refractivity contribution in [3.63, 3.8) is 0 Å². The van der Waals surface area contributed by atoms with Crippen LogP contribution in [-0.2, 0) is 31.9 Å². The minimum atomic E-state index is -0.201. The summed E-state index contributed by atoms with van der Waals surface area (Å²) in [5.41, 5.74) is 6.27. The average molecular weight is 632 g/mol. The molecule has 0 spiro atoms. The molecule has 1 atom stereocenters. The van der Waals surface area contributed by atoms with E-state index in [0.717, 1.165) is 28.5 Å². The SMILES string of the molecule is CC(C)(C)c1cc[c-]c(C2=CC=CC(Nc3cccc(-c4cc(C(C)(C)C)ccn4)n3)[N-]2)c1.[Pt+2]. The number of nitrogens with one attached hydrogen (secondary N) is 1. The van der Waals surface area contributed by atoms with Gasteiger partial charge in [-0.25, -0.2) is 10.7 Å². The van der Waals surface area contributed by atoms with Gasteiger partial charge in [0.2, 0.25) is 0 Å². The van der Waals surface area contributed by atoms with Crippen LogP contribution in [0.15, 0.2) is 73.0 Å². The van der Waals surface area contributed by atoms with Gasteiger partial charge in [-0.05, 0) is 46.8 Å². The number of allylic oxidation sites excluding steroid dienone is 2. The molecule has 0 radical (unpaired) electrons. The van der Waals surface area contributed by atoms with Crippen LogP contribution in [0.2, 0.25) is 0 Å². The third-order valence-corrected chi connectivity index (χ3v) is 5.70. The Morgan fingerprint density at radius 1 is 0.912 bits per heavy atom. The van der Waals surface area contributed by atoms with Gasteiger partial charge in [0.15, 0.2) is 0 Å². The Balaban J connectivity index is 0.00000324. The summed E-state index contributed by atoms with van der Waals surface area (Å²) >= 11 is 0. The smallest absolute Gasteiger partial charge is 0.706 e. The molecular weight excluding hydrogens is 599 g/mol. The van der Waals surface area contributed by atoms with Crippen molar-refractivity contribution in [2.45, 2.75) is 58.5 Å². The maximum absolute atomic E-state index is 4.90. The van der Waals surface area contributed by atoms with E-state index in [1.54, 1.807) is 0 Å². The van der Waals surface area contributed by atoms with Crippen molar-refractivity contribution in [3.8, 4) is 11.4 Å². The van der Waals surface area contributed by atoms with Crippen molar-refractivity contribution in [1.82, 2.24) is 9.97 Å². The van der Waals surface area contributed by atoms with Gasteiger partial charge in [0.25, 0.3) is 0 Å². The molecule has 1 aliphatic rings. The van der Waals surface area contributed by atoms with Crippen LogP contribution in [0.25, 0.3) is 22.4 Å². The molecule has 0 fully saturated rings. The molecule has 0 saturated heterocycles. The van der Waals surface area contributed by atoms with Crippen molar-refractivity contribution in [2.24, 2.45) is 0 Å². The molecule has 1 N–H and O–H groups in total. The standard InChI is InChI=1S/C29H32N4.Pt/c1-28(2,3)21-11-7-10-20(18-21)23-12-8-14-26(31-23)33-27-15-9-13-24(32-27)25-19-22(16-17-30-25)29(4,5)6;/h7-9,11-19,26H,1-6H3,(H,32,33);/q-2;+2. The van der Waals surface area contributed by atoms with Crippen LogP contribution in [0, 0.1) is 6.07 Å². The van der Waals surface area contributed by atoms with E-state index in [2.05, 4.69) is 82.2 Å². The van der Waals surface area contributed by atoms with Crippen LogP contribution in [0.1, 0.15) is 58.2 Å². The summed E-state index contributed by atoms with van der Waals surface area (Å²) in [6.45, 7) is 13.3. The van der Waals surface area contributed by atoms with Crippen LogP contribution >= 0.6 is 0 Å². The topological polar surface area (TPSA) is 51.9 Å². The predicted octanol–water partition coefficient (Wildman–Crippen LogP) is 7.26. The van der Waals surface area contributed by atoms with Crippen LogP contribution in [0.3, 0.4) is 0 Å². The summed E-state index contributed by atoms with van der Waals surface area (Å²) in [7, 11) is 0. The summed E-state index contributed by atoms with van der Waals surface area (Å²) in [5.74, 6) is 0.766. The van der Waals surface area contributed by atoms with Crippen LogP contribution in [0.4, 0.5) is 5.82 Å². The fourth-order valence-corrected chi connectivity index (χ4v) is 3.65. The molecule has 4 rings (SSSR count). The van der Waals surface area contributed by atoms with E-state index in [-0.39, 0.29) is 38.1 Å². The number of rotatable bonds is 4. The van der Waals surface area contributed by atoms with Gasteiger partial charge in [-0.15, -0.1) is 35.9 Å². The fraction of sp³-hybridized carbons (Fsp3) is 0.310. The first-order chi connectivity index (χ1) is 15.6. The number of anilines is 1. The van der Waals surface area contributed by atoms with Crippen LogP contribution in [-0.4, -0.2) is 16.1 Å². The summed E-state index contributed by atoms with van der Waals surface area (Å²) < 4.78 is 0. The Morgan fingerprint density at radius 2 is 1.65 bits per heavy atom. The number of pyridine rings is 2. The zero-order valence-electron chi connectivity index (χ0n) is 20.7. The van der Waals surface area contributed by atoms with Gasteiger partial charge in [0, 0.05) is 6.20 Å². The molecule has 4 nitrogen and oxygen atoms in total. The van der Waals surface area contributed by atoms with E-state index < -0.39 is 0 Å². The van der Waals surface area contributed by atoms with E-state index in [1.807, 2.05) is 48.7 Å². The van der Waals surface area contributed by atoms with Crippen molar-refractivity contribution in [1.29, 1.82) is 0 Å². The first-order valence-electron chi connectivity index (χ1n) is 11.4. The van der Waals surface area contributed by atoms with Crippen molar-refractivity contribution < 1.29 is 21.1 Å². The molecule has 1 unspecified atom stereocenters. The zero-order chi connectivity index (χ0) is 23.6. The summed E-state index contributed by atoms with van der Waals surface area (Å²) in [5, 5.41) is 8.33. The second kappa shape index (κ2) is 10.3. The fourth-order valence-electron chi connectivity index (χ4n) is 3.65. The number of hydrogen-bond acceptors (Lipinski definition) is 3. The number of aromatic nitrogens is 2. The van der Waals surface area contributed by atoms with Gasteiger partial charge in [-0.1, -0.05) is 59.8 Å².